The van der Waals surface area contributed by atoms with Crippen LogP contribution in [0.25, 0.3) is 11.3 Å². The number of likely N-dealkylation sites (tertiary alicyclic amines) is 1. The summed E-state index contributed by atoms with van der Waals surface area (Å²) < 4.78 is 6.91. The third-order valence-electron chi connectivity index (χ3n) is 5.67. The van der Waals surface area contributed by atoms with Crippen molar-refractivity contribution in [1.29, 1.82) is 0 Å². The van der Waals surface area contributed by atoms with E-state index in [1.165, 1.54) is 17.0 Å². The van der Waals surface area contributed by atoms with Crippen LogP contribution in [0.1, 0.15) is 41.0 Å². The molecule has 0 bridgehead atoms. The van der Waals surface area contributed by atoms with E-state index in [-0.39, 0.29) is 18.2 Å². The Hall–Kier alpha value is -2.67. The molecule has 1 N–H and O–H groups in total. The molecule has 3 rings (SSSR count). The fourth-order valence-corrected chi connectivity index (χ4v) is 3.73. The Balaban J connectivity index is 1.77. The van der Waals surface area contributed by atoms with Gasteiger partial charge in [-0.1, -0.05) is 44.2 Å². The normalized spacial score (nSPS) is 21.3. The van der Waals surface area contributed by atoms with E-state index >= 15 is 0 Å². The molecule has 7 nitrogen and oxygen atoms in total. The van der Waals surface area contributed by atoms with Crippen molar-refractivity contribution < 1.29 is 14.6 Å². The van der Waals surface area contributed by atoms with E-state index < -0.39 is 16.6 Å². The van der Waals surface area contributed by atoms with E-state index in [1.54, 1.807) is 4.90 Å². The Bertz CT molecular complexity index is 962. The number of benzene rings is 1. The number of ether oxygens (including phenoxy) is 1. The summed E-state index contributed by atoms with van der Waals surface area (Å²) in [5, 5.41) is 11.4. The molecule has 1 fully saturated rings. The van der Waals surface area contributed by atoms with Crippen LogP contribution in [0.5, 0.6) is 0 Å². The highest BCUT2D eigenvalue weighted by Crippen LogP contribution is 2.40. The van der Waals surface area contributed by atoms with Crippen molar-refractivity contribution in [3.8, 4) is 11.3 Å². The molecular formula is C23H31N3O4. The van der Waals surface area contributed by atoms with Crippen LogP contribution in [0, 0.1) is 5.41 Å². The van der Waals surface area contributed by atoms with Crippen LogP contribution in [-0.2, 0) is 11.3 Å². The van der Waals surface area contributed by atoms with E-state index in [0.717, 1.165) is 5.56 Å². The molecule has 1 unspecified atom stereocenters. The second kappa shape index (κ2) is 7.87. The predicted molar refractivity (Wildman–Crippen MR) is 115 cm³/mol. The third kappa shape index (κ3) is 4.73. The zero-order valence-electron chi connectivity index (χ0n) is 18.4. The molecule has 0 aliphatic carbocycles. The summed E-state index contributed by atoms with van der Waals surface area (Å²) in [6, 6.07) is 11.0. The minimum atomic E-state index is -1.16. The Morgan fingerprint density at radius 1 is 1.23 bits per heavy atom. The van der Waals surface area contributed by atoms with Crippen molar-refractivity contribution in [3.05, 3.63) is 53.1 Å². The van der Waals surface area contributed by atoms with E-state index in [2.05, 4.69) is 4.98 Å². The van der Waals surface area contributed by atoms with Crippen molar-refractivity contribution in [2.45, 2.75) is 58.8 Å². The highest BCUT2D eigenvalue weighted by atomic mass is 16.6. The average Bonchev–Trinajstić information content (AvgIpc) is 2.65. The number of aromatic nitrogens is 2. The first-order valence-corrected chi connectivity index (χ1v) is 10.2. The number of nitrogens with zero attached hydrogens (tertiary/aromatic N) is 3. The number of rotatable bonds is 3. The van der Waals surface area contributed by atoms with Gasteiger partial charge >= 0.3 is 6.09 Å². The molecular weight excluding hydrogens is 382 g/mol. The van der Waals surface area contributed by atoms with Crippen LogP contribution < -0.4 is 5.56 Å². The van der Waals surface area contributed by atoms with Crippen LogP contribution in [0.4, 0.5) is 4.79 Å². The molecule has 30 heavy (non-hydrogen) atoms. The van der Waals surface area contributed by atoms with Crippen molar-refractivity contribution in [1.82, 2.24) is 14.5 Å². The molecule has 1 aliphatic heterocycles. The molecule has 1 aliphatic rings. The number of piperidine rings is 1. The first-order valence-electron chi connectivity index (χ1n) is 10.2. The zero-order chi connectivity index (χ0) is 22.2. The van der Waals surface area contributed by atoms with Gasteiger partial charge in [-0.3, -0.25) is 9.36 Å². The van der Waals surface area contributed by atoms with Crippen molar-refractivity contribution in [2.75, 3.05) is 13.1 Å². The van der Waals surface area contributed by atoms with Gasteiger partial charge in [0.1, 0.15) is 5.60 Å². The lowest BCUT2D eigenvalue weighted by Crippen LogP contribution is -2.61. The highest BCUT2D eigenvalue weighted by Gasteiger charge is 2.49. The van der Waals surface area contributed by atoms with Crippen molar-refractivity contribution in [3.63, 3.8) is 0 Å². The first-order chi connectivity index (χ1) is 13.9. The summed E-state index contributed by atoms with van der Waals surface area (Å²) in [7, 11) is 0. The molecule has 1 atom stereocenters. The number of carbonyl (C=O) groups excluding carboxylic acids is 1. The van der Waals surface area contributed by atoms with Gasteiger partial charge in [-0.25, -0.2) is 9.78 Å². The topological polar surface area (TPSA) is 84.7 Å². The van der Waals surface area contributed by atoms with Crippen molar-refractivity contribution >= 4 is 6.09 Å². The fourth-order valence-electron chi connectivity index (χ4n) is 3.73. The SMILES string of the molecule is CC(C)(C)OC(=O)N1CCC(O)(Cn2cnc(-c3ccccc3)cc2=O)C(C)(C)C1. The number of amides is 1. The molecule has 0 saturated carbocycles. The highest BCUT2D eigenvalue weighted by molar-refractivity contribution is 5.68. The Morgan fingerprint density at radius 2 is 1.90 bits per heavy atom. The van der Waals surface area contributed by atoms with Gasteiger partial charge in [-0.05, 0) is 27.2 Å². The van der Waals surface area contributed by atoms with Gasteiger partial charge in [-0.15, -0.1) is 0 Å². The molecule has 2 aromatic rings. The van der Waals surface area contributed by atoms with Crippen LogP contribution in [0.3, 0.4) is 0 Å². The molecule has 1 saturated heterocycles. The molecule has 1 aromatic heterocycles. The zero-order valence-corrected chi connectivity index (χ0v) is 18.4. The van der Waals surface area contributed by atoms with Gasteiger partial charge in [0.05, 0.1) is 24.2 Å². The van der Waals surface area contributed by atoms with Gasteiger partial charge < -0.3 is 14.7 Å². The molecule has 0 spiro atoms. The summed E-state index contributed by atoms with van der Waals surface area (Å²) in [5.74, 6) is 0. The smallest absolute Gasteiger partial charge is 0.410 e. The first kappa shape index (κ1) is 22.0. The van der Waals surface area contributed by atoms with Gasteiger partial charge in [-0.2, -0.15) is 0 Å². The van der Waals surface area contributed by atoms with Crippen LogP contribution in [0.15, 0.2) is 47.5 Å². The molecule has 1 amide bonds. The minimum Gasteiger partial charge on any atom is -0.444 e. The standard InChI is InChI=1S/C23H31N3O4/c1-21(2,3)30-20(28)25-12-11-23(29,22(4,5)14-25)15-26-16-24-18(13-19(26)27)17-9-7-6-8-10-17/h6-10,13,16,29H,11-12,14-15H2,1-5H3. The molecule has 7 heteroatoms. The summed E-state index contributed by atoms with van der Waals surface area (Å²) in [6.45, 7) is 10.1. The molecule has 1 aromatic carbocycles. The number of hydrogen-bond donors (Lipinski definition) is 1. The third-order valence-corrected chi connectivity index (χ3v) is 5.67. The van der Waals surface area contributed by atoms with Crippen LogP contribution in [-0.4, -0.2) is 49.9 Å². The summed E-state index contributed by atoms with van der Waals surface area (Å²) in [4.78, 5) is 31.2. The van der Waals surface area contributed by atoms with Crippen LogP contribution >= 0.6 is 0 Å². The van der Waals surface area contributed by atoms with Gasteiger partial charge in [0, 0.05) is 30.1 Å². The molecule has 162 valence electrons. The second-order valence-corrected chi connectivity index (χ2v) is 9.67. The monoisotopic (exact) mass is 413 g/mol. The second-order valence-electron chi connectivity index (χ2n) is 9.67. The summed E-state index contributed by atoms with van der Waals surface area (Å²) in [5.41, 5.74) is -1.13. The molecule has 2 heterocycles. The Labute approximate surface area is 177 Å². The lowest BCUT2D eigenvalue weighted by Gasteiger charge is -2.50. The lowest BCUT2D eigenvalue weighted by atomic mass is 9.70. The summed E-state index contributed by atoms with van der Waals surface area (Å²) in [6.07, 6.45) is 1.44. The van der Waals surface area contributed by atoms with Crippen molar-refractivity contribution in [2.24, 2.45) is 5.41 Å². The van der Waals surface area contributed by atoms with Crippen LogP contribution in [0.2, 0.25) is 0 Å². The van der Waals surface area contributed by atoms with E-state index in [4.69, 9.17) is 4.74 Å². The number of aliphatic hydroxyl groups is 1. The Kier molecular flexibility index (Phi) is 5.78. The van der Waals surface area contributed by atoms with Gasteiger partial charge in [0.25, 0.3) is 5.56 Å². The minimum absolute atomic E-state index is 0.114. The van der Waals surface area contributed by atoms with E-state index in [0.29, 0.717) is 25.2 Å². The predicted octanol–water partition coefficient (Wildman–Crippen LogP) is 3.31. The molecule has 0 radical (unpaired) electrons. The number of hydrogen-bond acceptors (Lipinski definition) is 5. The average molecular weight is 414 g/mol. The number of carbonyl (C=O) groups is 1. The maximum atomic E-state index is 12.7. The van der Waals surface area contributed by atoms with E-state index in [9.17, 15) is 14.7 Å². The van der Waals surface area contributed by atoms with Gasteiger partial charge in [0.2, 0.25) is 0 Å². The maximum Gasteiger partial charge on any atom is 0.410 e. The maximum absolute atomic E-state index is 12.7. The van der Waals surface area contributed by atoms with Gasteiger partial charge in [0.15, 0.2) is 0 Å². The summed E-state index contributed by atoms with van der Waals surface area (Å²) >= 11 is 0. The largest absolute Gasteiger partial charge is 0.444 e. The quantitative estimate of drug-likeness (QED) is 0.835. The van der Waals surface area contributed by atoms with E-state index in [1.807, 2.05) is 65.0 Å². The Morgan fingerprint density at radius 3 is 2.47 bits per heavy atom. The fraction of sp³-hybridized carbons (Fsp3) is 0.522. The lowest BCUT2D eigenvalue weighted by molar-refractivity contribution is -0.127.